The van der Waals surface area contributed by atoms with Gasteiger partial charge in [-0.05, 0) is 42.8 Å². The molecule has 11 heteroatoms. The Balaban J connectivity index is 1.75. The number of oxime groups is 1. The molecule has 0 saturated heterocycles. The summed E-state index contributed by atoms with van der Waals surface area (Å²) in [5.41, 5.74) is 7.61. The van der Waals surface area contributed by atoms with Crippen LogP contribution in [0.5, 0.6) is 5.75 Å². The second-order valence-corrected chi connectivity index (χ2v) is 7.43. The van der Waals surface area contributed by atoms with Crippen molar-refractivity contribution in [2.24, 2.45) is 10.9 Å². The molecule has 2 amide bonds. The first-order valence-electron chi connectivity index (χ1n) is 10.4. The van der Waals surface area contributed by atoms with Gasteiger partial charge in [0.2, 0.25) is 5.91 Å². The number of hydrogen-bond acceptors (Lipinski definition) is 8. The van der Waals surface area contributed by atoms with Gasteiger partial charge in [0, 0.05) is 30.2 Å². The van der Waals surface area contributed by atoms with Crippen LogP contribution in [0.2, 0.25) is 0 Å². The summed E-state index contributed by atoms with van der Waals surface area (Å²) in [4.78, 5) is 50.2. The van der Waals surface area contributed by atoms with Crippen LogP contribution >= 0.6 is 0 Å². The fourth-order valence-electron chi connectivity index (χ4n) is 3.45. The Labute approximate surface area is 195 Å². The second-order valence-electron chi connectivity index (χ2n) is 7.43. The van der Waals surface area contributed by atoms with Gasteiger partial charge in [0.25, 0.3) is 5.91 Å². The quantitative estimate of drug-likeness (QED) is 0.125. The van der Waals surface area contributed by atoms with E-state index in [1.165, 1.54) is 30.0 Å². The number of ketones is 1. The summed E-state index contributed by atoms with van der Waals surface area (Å²) >= 11 is 0. The molecule has 11 nitrogen and oxygen atoms in total. The number of carbonyl (C=O) groups excluding carboxylic acids is 4. The fourth-order valence-corrected chi connectivity index (χ4v) is 3.45. The smallest absolute Gasteiger partial charge is 0.344 e. The van der Waals surface area contributed by atoms with Crippen molar-refractivity contribution in [3.63, 3.8) is 0 Å². The molecular formula is C23H24N4O7. The van der Waals surface area contributed by atoms with Gasteiger partial charge >= 0.3 is 5.97 Å². The molecule has 178 valence electrons. The predicted molar refractivity (Wildman–Crippen MR) is 121 cm³/mol. The molecule has 1 aliphatic rings. The fraction of sp³-hybridized carbons (Fsp3) is 0.261. The van der Waals surface area contributed by atoms with Crippen molar-refractivity contribution in [3.8, 4) is 5.75 Å². The summed E-state index contributed by atoms with van der Waals surface area (Å²) < 4.78 is 10.2. The molecule has 3 rings (SSSR count). The number of nitrogens with two attached hydrogens (primary N) is 1. The number of amides is 2. The predicted octanol–water partition coefficient (Wildman–Crippen LogP) is 1.52. The molecule has 1 heterocycles. The van der Waals surface area contributed by atoms with E-state index < -0.39 is 11.9 Å². The number of hydrogen-bond donors (Lipinski definition) is 3. The molecular weight excluding hydrogens is 444 g/mol. The number of amidine groups is 1. The molecule has 1 aliphatic heterocycles. The van der Waals surface area contributed by atoms with E-state index in [0.29, 0.717) is 16.7 Å². The average Bonchev–Trinajstić information content (AvgIpc) is 3.11. The number of fused-ring (bicyclic) bond motifs is 1. The van der Waals surface area contributed by atoms with Gasteiger partial charge in [0.15, 0.2) is 18.2 Å². The van der Waals surface area contributed by atoms with Crippen molar-refractivity contribution in [2.45, 2.75) is 20.4 Å². The molecule has 2 aromatic carbocycles. The SMILES string of the molecule is CCOC(=O)COc1ccc(C(=O)CN2Cc3cc(/C(N)=N\O)ccc3C2=O)cc1NC(C)=O. The minimum Gasteiger partial charge on any atom is -0.480 e. The molecule has 0 fully saturated rings. The van der Waals surface area contributed by atoms with Crippen molar-refractivity contribution in [1.29, 1.82) is 0 Å². The second kappa shape index (κ2) is 10.5. The lowest BCUT2D eigenvalue weighted by Gasteiger charge is -2.16. The number of rotatable bonds is 9. The van der Waals surface area contributed by atoms with Crippen molar-refractivity contribution in [3.05, 3.63) is 58.7 Å². The Hall–Kier alpha value is -4.41. The van der Waals surface area contributed by atoms with Crippen molar-refractivity contribution in [1.82, 2.24) is 4.90 Å². The summed E-state index contributed by atoms with van der Waals surface area (Å²) in [5.74, 6) is -1.52. The van der Waals surface area contributed by atoms with E-state index in [0.717, 1.165) is 0 Å². The number of nitrogens with zero attached hydrogens (tertiary/aromatic N) is 2. The zero-order chi connectivity index (χ0) is 24.8. The van der Waals surface area contributed by atoms with Crippen LogP contribution in [0.25, 0.3) is 0 Å². The van der Waals surface area contributed by atoms with Gasteiger partial charge in [-0.2, -0.15) is 0 Å². The summed E-state index contributed by atoms with van der Waals surface area (Å²) in [6.07, 6.45) is 0. The van der Waals surface area contributed by atoms with Crippen LogP contribution in [-0.2, 0) is 20.9 Å². The van der Waals surface area contributed by atoms with Crippen LogP contribution in [0.3, 0.4) is 0 Å². The van der Waals surface area contributed by atoms with Crippen molar-refractivity contribution in [2.75, 3.05) is 25.1 Å². The number of nitrogens with one attached hydrogen (secondary N) is 1. The van der Waals surface area contributed by atoms with Crippen LogP contribution < -0.4 is 15.8 Å². The maximum absolute atomic E-state index is 12.9. The Morgan fingerprint density at radius 3 is 2.59 bits per heavy atom. The molecule has 0 aliphatic carbocycles. The standard InChI is InChI=1S/C23H24N4O7/c1-3-33-21(30)12-34-20-7-5-14(9-18(20)25-13(2)28)19(29)11-27-10-16-8-15(22(24)26-32)4-6-17(16)23(27)31/h4-9,32H,3,10-12H2,1-2H3,(H2,24,26)(H,25,28). The lowest BCUT2D eigenvalue weighted by Crippen LogP contribution is -2.30. The number of esters is 1. The highest BCUT2D eigenvalue weighted by Gasteiger charge is 2.29. The summed E-state index contributed by atoms with van der Waals surface area (Å²) in [7, 11) is 0. The zero-order valence-electron chi connectivity index (χ0n) is 18.7. The monoisotopic (exact) mass is 468 g/mol. The highest BCUT2D eigenvalue weighted by molar-refractivity contribution is 6.06. The van der Waals surface area contributed by atoms with E-state index in [1.807, 2.05) is 0 Å². The Morgan fingerprint density at radius 1 is 1.18 bits per heavy atom. The first-order valence-corrected chi connectivity index (χ1v) is 10.4. The minimum absolute atomic E-state index is 0.0828. The third-order valence-electron chi connectivity index (χ3n) is 4.99. The molecule has 0 saturated carbocycles. The summed E-state index contributed by atoms with van der Waals surface area (Å²) in [6, 6.07) is 9.14. The first kappa shape index (κ1) is 24.2. The van der Waals surface area contributed by atoms with Crippen molar-refractivity contribution >= 4 is 35.1 Å². The summed E-state index contributed by atoms with van der Waals surface area (Å²) in [6.45, 7) is 2.80. The molecule has 0 unspecified atom stereocenters. The number of anilines is 1. The van der Waals surface area contributed by atoms with Gasteiger partial charge in [-0.15, -0.1) is 0 Å². The normalized spacial score (nSPS) is 12.8. The van der Waals surface area contributed by atoms with E-state index in [2.05, 4.69) is 10.5 Å². The van der Waals surface area contributed by atoms with Crippen molar-refractivity contribution < 1.29 is 33.9 Å². The van der Waals surface area contributed by atoms with E-state index >= 15 is 0 Å². The lowest BCUT2D eigenvalue weighted by molar-refractivity contribution is -0.145. The van der Waals surface area contributed by atoms with Gasteiger partial charge in [-0.3, -0.25) is 14.4 Å². The first-order chi connectivity index (χ1) is 16.2. The molecule has 0 aromatic heterocycles. The molecule has 0 radical (unpaired) electrons. The molecule has 4 N–H and O–H groups in total. The molecule has 34 heavy (non-hydrogen) atoms. The average molecular weight is 468 g/mol. The highest BCUT2D eigenvalue weighted by atomic mass is 16.6. The van der Waals surface area contributed by atoms with Crippen LogP contribution in [0.4, 0.5) is 5.69 Å². The Kier molecular flexibility index (Phi) is 7.46. The van der Waals surface area contributed by atoms with Gasteiger partial charge in [-0.25, -0.2) is 4.79 Å². The third kappa shape index (κ3) is 5.49. The van der Waals surface area contributed by atoms with Gasteiger partial charge < -0.3 is 30.6 Å². The molecule has 2 aromatic rings. The highest BCUT2D eigenvalue weighted by Crippen LogP contribution is 2.28. The van der Waals surface area contributed by atoms with E-state index in [1.54, 1.807) is 25.1 Å². The number of benzene rings is 2. The molecule has 0 bridgehead atoms. The maximum Gasteiger partial charge on any atom is 0.344 e. The van der Waals surface area contributed by atoms with E-state index in [-0.39, 0.29) is 60.8 Å². The Morgan fingerprint density at radius 2 is 1.91 bits per heavy atom. The van der Waals surface area contributed by atoms with Gasteiger partial charge in [0.05, 0.1) is 18.8 Å². The topological polar surface area (TPSA) is 161 Å². The maximum atomic E-state index is 12.9. The largest absolute Gasteiger partial charge is 0.480 e. The third-order valence-corrected chi connectivity index (χ3v) is 4.99. The van der Waals surface area contributed by atoms with Crippen LogP contribution in [0.1, 0.15) is 45.7 Å². The molecule has 0 spiro atoms. The van der Waals surface area contributed by atoms with Crippen LogP contribution in [0, 0.1) is 0 Å². The number of carbonyl (C=O) groups is 4. The number of Topliss-reactive ketones (excluding diaryl/α,β-unsaturated/α-hetero) is 1. The van der Waals surface area contributed by atoms with Gasteiger partial charge in [-0.1, -0.05) is 11.2 Å². The van der Waals surface area contributed by atoms with Crippen LogP contribution in [0.15, 0.2) is 41.6 Å². The molecule has 0 atom stereocenters. The zero-order valence-corrected chi connectivity index (χ0v) is 18.7. The van der Waals surface area contributed by atoms with Gasteiger partial charge in [0.1, 0.15) is 5.75 Å². The van der Waals surface area contributed by atoms with E-state index in [4.69, 9.17) is 20.4 Å². The van der Waals surface area contributed by atoms with Crippen LogP contribution in [-0.4, -0.2) is 59.3 Å². The minimum atomic E-state index is -0.571. The number of ether oxygens (including phenoxy) is 2. The Bertz CT molecular complexity index is 1180. The lowest BCUT2D eigenvalue weighted by atomic mass is 10.1. The van der Waals surface area contributed by atoms with E-state index in [9.17, 15) is 19.2 Å². The summed E-state index contributed by atoms with van der Waals surface area (Å²) in [5, 5.41) is 14.4.